The molecule has 0 amide bonds. The Morgan fingerprint density at radius 1 is 0.891 bits per heavy atom. The van der Waals surface area contributed by atoms with Gasteiger partial charge in [-0.2, -0.15) is 0 Å². The maximum Gasteiger partial charge on any atom is 0.324 e. The maximum absolute atomic E-state index is 14.2. The number of Topliss-reactive ketones (excluding diaryl/α,β-unsaturated/α-hetero) is 1. The number of hydrogen-bond donors (Lipinski definition) is 1. The highest BCUT2D eigenvalue weighted by Gasteiger charge is 2.61. The Morgan fingerprint density at radius 2 is 1.50 bits per heavy atom. The third-order valence-electron chi connectivity index (χ3n) is 10.2. The van der Waals surface area contributed by atoms with Gasteiger partial charge in [-0.1, -0.05) is 99.7 Å². The molecule has 46 heavy (non-hydrogen) atoms. The highest BCUT2D eigenvalue weighted by molar-refractivity contribution is 6.04. The molecule has 1 aliphatic heterocycles. The summed E-state index contributed by atoms with van der Waals surface area (Å²) in [6.45, 7) is 5.46. The molecule has 0 spiro atoms. The predicted molar refractivity (Wildman–Crippen MR) is 180 cm³/mol. The molecule has 2 aromatic carbocycles. The van der Waals surface area contributed by atoms with E-state index in [1.165, 1.54) is 33.5 Å². The lowest BCUT2D eigenvalue weighted by atomic mass is 9.73. The molecule has 0 bridgehead atoms. The van der Waals surface area contributed by atoms with Gasteiger partial charge in [-0.25, -0.2) is 0 Å². The Hall–Kier alpha value is -3.71. The minimum absolute atomic E-state index is 0.00464. The quantitative estimate of drug-likeness (QED) is 0.138. The number of carbonyl (C=O) groups excluding carboxylic acids is 3. The monoisotopic (exact) mass is 626 g/mol. The van der Waals surface area contributed by atoms with Crippen molar-refractivity contribution in [1.82, 2.24) is 10.2 Å². The number of methoxy groups -OCH3 is 2. The SMILES string of the molecule is CCCCC[C@H]1C2=C(NCCCC3CC3)CN(C(c3ccccc3)c3ccccc3)CC(=O)C(C)=C2CC1(C(=O)OC)C(=O)OC. The van der Waals surface area contributed by atoms with Crippen molar-refractivity contribution in [1.29, 1.82) is 0 Å². The molecule has 7 nitrogen and oxygen atoms in total. The van der Waals surface area contributed by atoms with E-state index < -0.39 is 23.3 Å². The van der Waals surface area contributed by atoms with Gasteiger partial charge in [0.25, 0.3) is 0 Å². The van der Waals surface area contributed by atoms with E-state index in [0.717, 1.165) is 66.1 Å². The van der Waals surface area contributed by atoms with Crippen LogP contribution in [-0.4, -0.2) is 56.5 Å². The number of ether oxygens (including phenoxy) is 2. The zero-order chi connectivity index (χ0) is 32.7. The van der Waals surface area contributed by atoms with Gasteiger partial charge < -0.3 is 14.8 Å². The van der Waals surface area contributed by atoms with Gasteiger partial charge in [0.05, 0.1) is 26.8 Å². The number of carbonyl (C=O) groups is 3. The number of unbranched alkanes of at least 4 members (excludes halogenated alkanes) is 2. The van der Waals surface area contributed by atoms with Gasteiger partial charge in [0.15, 0.2) is 11.2 Å². The summed E-state index contributed by atoms with van der Waals surface area (Å²) >= 11 is 0. The average molecular weight is 627 g/mol. The van der Waals surface area contributed by atoms with Crippen molar-refractivity contribution in [2.45, 2.75) is 77.7 Å². The summed E-state index contributed by atoms with van der Waals surface area (Å²) in [5.74, 6) is -0.846. The van der Waals surface area contributed by atoms with Crippen LogP contribution in [0.1, 0.15) is 88.8 Å². The molecule has 1 N–H and O–H groups in total. The smallest absolute Gasteiger partial charge is 0.324 e. The Labute approximate surface area is 274 Å². The maximum atomic E-state index is 14.2. The lowest BCUT2D eigenvalue weighted by Gasteiger charge is -2.36. The lowest BCUT2D eigenvalue weighted by Crippen LogP contribution is -2.45. The topological polar surface area (TPSA) is 84.9 Å². The summed E-state index contributed by atoms with van der Waals surface area (Å²) in [6, 6.07) is 20.5. The van der Waals surface area contributed by atoms with Crippen molar-refractivity contribution < 1.29 is 23.9 Å². The number of esters is 2. The van der Waals surface area contributed by atoms with Crippen LogP contribution < -0.4 is 5.32 Å². The van der Waals surface area contributed by atoms with Gasteiger partial charge in [0.1, 0.15) is 0 Å². The Bertz CT molecular complexity index is 1390. The zero-order valence-electron chi connectivity index (χ0n) is 28.0. The highest BCUT2D eigenvalue weighted by atomic mass is 16.5. The van der Waals surface area contributed by atoms with Crippen LogP contribution in [0, 0.1) is 17.3 Å². The number of nitrogens with one attached hydrogen (secondary N) is 1. The fourth-order valence-electron chi connectivity index (χ4n) is 7.62. The van der Waals surface area contributed by atoms with Gasteiger partial charge in [-0.15, -0.1) is 0 Å². The molecule has 0 unspecified atom stereocenters. The number of allylic oxidation sites excluding steroid dienone is 2. The molecule has 7 heteroatoms. The minimum atomic E-state index is -1.54. The normalized spacial score (nSPS) is 19.9. The molecular weight excluding hydrogens is 576 g/mol. The molecule has 1 heterocycles. The summed E-state index contributed by atoms with van der Waals surface area (Å²) in [7, 11) is 2.67. The molecule has 0 saturated heterocycles. The summed E-state index contributed by atoms with van der Waals surface area (Å²) in [6.07, 6.45) is 8.39. The van der Waals surface area contributed by atoms with E-state index in [-0.39, 0.29) is 24.8 Å². The molecule has 2 aromatic rings. The van der Waals surface area contributed by atoms with Gasteiger partial charge in [-0.3, -0.25) is 19.3 Å². The van der Waals surface area contributed by atoms with E-state index in [1.54, 1.807) is 0 Å². The van der Waals surface area contributed by atoms with Crippen molar-refractivity contribution in [2.75, 3.05) is 33.9 Å². The van der Waals surface area contributed by atoms with Crippen molar-refractivity contribution in [2.24, 2.45) is 17.3 Å². The molecule has 246 valence electrons. The van der Waals surface area contributed by atoms with E-state index in [1.807, 2.05) is 43.3 Å². The van der Waals surface area contributed by atoms with E-state index in [2.05, 4.69) is 41.4 Å². The number of ketones is 1. The molecule has 3 aliphatic rings. The number of fused-ring (bicyclic) bond motifs is 1. The zero-order valence-corrected chi connectivity index (χ0v) is 28.0. The van der Waals surface area contributed by atoms with E-state index in [4.69, 9.17) is 9.47 Å². The molecule has 2 saturated carbocycles. The number of rotatable bonds is 14. The minimum Gasteiger partial charge on any atom is -0.468 e. The van der Waals surface area contributed by atoms with Crippen LogP contribution >= 0.6 is 0 Å². The summed E-state index contributed by atoms with van der Waals surface area (Å²) < 4.78 is 10.7. The molecule has 2 fully saturated rings. The lowest BCUT2D eigenvalue weighted by molar-refractivity contribution is -0.171. The number of nitrogens with zero attached hydrogens (tertiary/aromatic N) is 1. The fraction of sp³-hybridized carbons (Fsp3) is 0.513. The molecule has 5 rings (SSSR count). The van der Waals surface area contributed by atoms with Crippen molar-refractivity contribution in [3.63, 3.8) is 0 Å². The second kappa shape index (κ2) is 15.3. The van der Waals surface area contributed by atoms with Gasteiger partial charge >= 0.3 is 11.9 Å². The Kier molecular flexibility index (Phi) is 11.2. The Morgan fingerprint density at radius 3 is 2.04 bits per heavy atom. The van der Waals surface area contributed by atoms with Crippen molar-refractivity contribution in [3.05, 3.63) is 94.2 Å². The first kappa shape index (κ1) is 33.6. The molecule has 0 radical (unpaired) electrons. The fourth-order valence-corrected chi connectivity index (χ4v) is 7.62. The van der Waals surface area contributed by atoms with Gasteiger partial charge in [0.2, 0.25) is 0 Å². The first-order valence-electron chi connectivity index (χ1n) is 17.1. The van der Waals surface area contributed by atoms with E-state index in [0.29, 0.717) is 18.5 Å². The summed E-state index contributed by atoms with van der Waals surface area (Å²) in [5, 5.41) is 3.83. The molecule has 1 atom stereocenters. The van der Waals surface area contributed by atoms with Crippen LogP contribution in [0.15, 0.2) is 83.1 Å². The first-order chi connectivity index (χ1) is 22.3. The third kappa shape index (κ3) is 7.00. The second-order valence-corrected chi connectivity index (χ2v) is 13.2. The standard InChI is InChI=1S/C39H50N2O5/c1-5-6-9-20-32-35-31(24-39(32,37(43)45-3)38(44)46-4)27(2)34(42)26-41(25-33(35)40-23-14-15-28-21-22-28)36(29-16-10-7-11-17-29)30-18-12-8-13-19-30/h7-8,10-13,16-19,28,32,36,40H,5-6,9,14-15,20-26H2,1-4H3/t32-/m0/s1. The van der Waals surface area contributed by atoms with Crippen LogP contribution in [0.2, 0.25) is 0 Å². The van der Waals surface area contributed by atoms with Crippen LogP contribution in [0.5, 0.6) is 0 Å². The first-order valence-corrected chi connectivity index (χ1v) is 17.1. The van der Waals surface area contributed by atoms with E-state index >= 15 is 0 Å². The van der Waals surface area contributed by atoms with E-state index in [9.17, 15) is 14.4 Å². The Balaban J connectivity index is 1.69. The average Bonchev–Trinajstić information content (AvgIpc) is 3.85. The molecular formula is C39H50N2O5. The number of hydrogen-bond acceptors (Lipinski definition) is 7. The van der Waals surface area contributed by atoms with Crippen LogP contribution in [0.25, 0.3) is 0 Å². The highest BCUT2D eigenvalue weighted by Crippen LogP contribution is 2.56. The van der Waals surface area contributed by atoms with Gasteiger partial charge in [0, 0.05) is 31.1 Å². The van der Waals surface area contributed by atoms with Crippen LogP contribution in [0.4, 0.5) is 0 Å². The van der Waals surface area contributed by atoms with Crippen molar-refractivity contribution in [3.8, 4) is 0 Å². The number of benzene rings is 2. The third-order valence-corrected chi connectivity index (χ3v) is 10.2. The molecule has 2 aliphatic carbocycles. The van der Waals surface area contributed by atoms with Gasteiger partial charge in [-0.05, 0) is 60.0 Å². The predicted octanol–water partition coefficient (Wildman–Crippen LogP) is 6.94. The second-order valence-electron chi connectivity index (χ2n) is 13.2. The van der Waals surface area contributed by atoms with Crippen LogP contribution in [0.3, 0.4) is 0 Å². The largest absolute Gasteiger partial charge is 0.468 e. The van der Waals surface area contributed by atoms with Crippen LogP contribution in [-0.2, 0) is 23.9 Å². The van der Waals surface area contributed by atoms with Crippen molar-refractivity contribution >= 4 is 17.7 Å². The summed E-state index contributed by atoms with van der Waals surface area (Å²) in [5.41, 5.74) is 3.98. The molecule has 0 aromatic heterocycles. The summed E-state index contributed by atoms with van der Waals surface area (Å²) in [4.78, 5) is 44.1.